The summed E-state index contributed by atoms with van der Waals surface area (Å²) in [6.45, 7) is 4.70. The Morgan fingerprint density at radius 1 is 1.05 bits per heavy atom. The molecule has 0 spiro atoms. The maximum atomic E-state index is 13.2. The highest BCUT2D eigenvalue weighted by molar-refractivity contribution is 5.64. The van der Waals surface area contributed by atoms with E-state index in [2.05, 4.69) is 20.6 Å². The van der Waals surface area contributed by atoms with Gasteiger partial charge in [-0.25, -0.2) is 18.7 Å². The van der Waals surface area contributed by atoms with Crippen LogP contribution < -0.4 is 10.6 Å². The molecule has 2 N–H and O–H groups in total. The average molecular weight is 278 g/mol. The second-order valence-corrected chi connectivity index (χ2v) is 4.19. The lowest BCUT2D eigenvalue weighted by atomic mass is 10.2. The van der Waals surface area contributed by atoms with Crippen molar-refractivity contribution in [2.75, 3.05) is 17.2 Å². The molecule has 106 valence electrons. The summed E-state index contributed by atoms with van der Waals surface area (Å²) in [4.78, 5) is 8.34. The van der Waals surface area contributed by atoms with Crippen LogP contribution in [0.4, 0.5) is 26.1 Å². The lowest BCUT2D eigenvalue weighted by Gasteiger charge is -2.13. The molecule has 0 radical (unpaired) electrons. The van der Waals surface area contributed by atoms with E-state index >= 15 is 0 Å². The van der Waals surface area contributed by atoms with Gasteiger partial charge in [0, 0.05) is 23.9 Å². The molecule has 1 aromatic carbocycles. The molecule has 2 aromatic rings. The molecule has 1 heterocycles. The summed E-state index contributed by atoms with van der Waals surface area (Å²) in [7, 11) is 0. The summed E-state index contributed by atoms with van der Waals surface area (Å²) in [5.74, 6) is -0.434. The van der Waals surface area contributed by atoms with Gasteiger partial charge in [0.2, 0.25) is 0 Å². The van der Waals surface area contributed by atoms with Gasteiger partial charge in [0.15, 0.2) is 11.6 Å². The van der Waals surface area contributed by atoms with Gasteiger partial charge in [-0.15, -0.1) is 0 Å². The van der Waals surface area contributed by atoms with Crippen molar-refractivity contribution in [1.82, 2.24) is 9.97 Å². The highest BCUT2D eigenvalue weighted by Crippen LogP contribution is 2.24. The Bertz CT molecular complexity index is 602. The van der Waals surface area contributed by atoms with Gasteiger partial charge in [0.1, 0.15) is 18.0 Å². The average Bonchev–Trinajstić information content (AvgIpc) is 2.44. The first-order valence-electron chi connectivity index (χ1n) is 6.45. The third-order valence-electron chi connectivity index (χ3n) is 2.83. The Hall–Kier alpha value is -2.24. The van der Waals surface area contributed by atoms with Crippen LogP contribution in [0.15, 0.2) is 24.5 Å². The smallest absolute Gasteiger partial charge is 0.160 e. The van der Waals surface area contributed by atoms with Gasteiger partial charge in [-0.1, -0.05) is 6.92 Å². The number of hydrogen-bond donors (Lipinski definition) is 2. The zero-order valence-electron chi connectivity index (χ0n) is 11.4. The molecule has 0 aliphatic heterocycles. The lowest BCUT2D eigenvalue weighted by Crippen LogP contribution is -2.07. The number of halogens is 2. The summed E-state index contributed by atoms with van der Waals surface area (Å²) >= 11 is 0. The van der Waals surface area contributed by atoms with Gasteiger partial charge in [-0.05, 0) is 25.5 Å². The highest BCUT2D eigenvalue weighted by atomic mass is 19.2. The third kappa shape index (κ3) is 3.01. The van der Waals surface area contributed by atoms with E-state index in [9.17, 15) is 8.78 Å². The van der Waals surface area contributed by atoms with Gasteiger partial charge >= 0.3 is 0 Å². The van der Waals surface area contributed by atoms with E-state index in [0.29, 0.717) is 11.5 Å². The molecule has 4 nitrogen and oxygen atoms in total. The van der Waals surface area contributed by atoms with Crippen molar-refractivity contribution in [2.24, 2.45) is 0 Å². The van der Waals surface area contributed by atoms with E-state index in [1.807, 2.05) is 13.8 Å². The molecule has 0 aliphatic carbocycles. The molecule has 0 aliphatic rings. The lowest BCUT2D eigenvalue weighted by molar-refractivity contribution is 0.509. The predicted molar refractivity (Wildman–Crippen MR) is 75.2 cm³/mol. The minimum Gasteiger partial charge on any atom is -0.370 e. The van der Waals surface area contributed by atoms with Crippen LogP contribution in [0.25, 0.3) is 0 Å². The summed E-state index contributed by atoms with van der Waals surface area (Å²) in [6, 6.07) is 3.65. The molecule has 0 atom stereocenters. The minimum atomic E-state index is -0.894. The van der Waals surface area contributed by atoms with Crippen molar-refractivity contribution in [3.05, 3.63) is 41.7 Å². The predicted octanol–water partition coefficient (Wildman–Crippen LogP) is 3.49. The molecule has 1 aromatic heterocycles. The summed E-state index contributed by atoms with van der Waals surface area (Å²) in [5.41, 5.74) is 1.35. The van der Waals surface area contributed by atoms with Gasteiger partial charge in [-0.2, -0.15) is 0 Å². The molecule has 2 rings (SSSR count). The van der Waals surface area contributed by atoms with Gasteiger partial charge in [0.05, 0.1) is 0 Å². The number of anilines is 3. The van der Waals surface area contributed by atoms with Crippen LogP contribution in [0.2, 0.25) is 0 Å². The van der Waals surface area contributed by atoms with Crippen LogP contribution in [0.3, 0.4) is 0 Å². The van der Waals surface area contributed by atoms with E-state index in [-0.39, 0.29) is 0 Å². The van der Waals surface area contributed by atoms with Gasteiger partial charge < -0.3 is 10.6 Å². The fourth-order valence-corrected chi connectivity index (χ4v) is 1.89. The van der Waals surface area contributed by atoms with Crippen molar-refractivity contribution in [3.63, 3.8) is 0 Å². The fourth-order valence-electron chi connectivity index (χ4n) is 1.89. The summed E-state index contributed by atoms with van der Waals surface area (Å²) < 4.78 is 26.1. The highest BCUT2D eigenvalue weighted by Gasteiger charge is 2.10. The van der Waals surface area contributed by atoms with Crippen LogP contribution in [0.1, 0.15) is 19.4 Å². The van der Waals surface area contributed by atoms with E-state index in [0.717, 1.165) is 36.5 Å². The maximum Gasteiger partial charge on any atom is 0.160 e. The first-order valence-corrected chi connectivity index (χ1v) is 6.45. The molecule has 0 bridgehead atoms. The van der Waals surface area contributed by atoms with E-state index in [1.165, 1.54) is 12.4 Å². The molecule has 0 amide bonds. The van der Waals surface area contributed by atoms with Crippen LogP contribution in [-0.4, -0.2) is 16.5 Å². The minimum absolute atomic E-state index is 0.444. The quantitative estimate of drug-likeness (QED) is 0.879. The van der Waals surface area contributed by atoms with Crippen molar-refractivity contribution < 1.29 is 8.78 Å². The largest absolute Gasteiger partial charge is 0.370 e. The standard InChI is InChI=1S/C14H16F2N4/c1-3-10-13(17-4-2)18-8-19-14(10)20-9-5-6-11(15)12(16)7-9/h5-8H,3-4H2,1-2H3,(H2,17,18,19,20). The first kappa shape index (κ1) is 14.2. The van der Waals surface area contributed by atoms with E-state index in [4.69, 9.17) is 0 Å². The SMILES string of the molecule is CCNc1ncnc(Nc2ccc(F)c(F)c2)c1CC. The summed E-state index contributed by atoms with van der Waals surface area (Å²) in [5, 5.41) is 6.14. The van der Waals surface area contributed by atoms with Crippen LogP contribution in [0.5, 0.6) is 0 Å². The Morgan fingerprint density at radius 3 is 2.45 bits per heavy atom. The Labute approximate surface area is 116 Å². The van der Waals surface area contributed by atoms with Gasteiger partial charge in [0.25, 0.3) is 0 Å². The zero-order chi connectivity index (χ0) is 14.5. The van der Waals surface area contributed by atoms with Crippen molar-refractivity contribution in [1.29, 1.82) is 0 Å². The van der Waals surface area contributed by atoms with Crippen LogP contribution >= 0.6 is 0 Å². The number of benzene rings is 1. The molecule has 0 saturated carbocycles. The summed E-state index contributed by atoms with van der Waals surface area (Å²) in [6.07, 6.45) is 2.15. The molecule has 0 unspecified atom stereocenters. The normalized spacial score (nSPS) is 10.4. The molecular formula is C14H16F2N4. The molecule has 0 fully saturated rings. The van der Waals surface area contributed by atoms with Crippen molar-refractivity contribution >= 4 is 17.3 Å². The first-order chi connectivity index (χ1) is 9.65. The number of hydrogen-bond acceptors (Lipinski definition) is 4. The number of rotatable bonds is 5. The number of nitrogens with one attached hydrogen (secondary N) is 2. The van der Waals surface area contributed by atoms with E-state index in [1.54, 1.807) is 0 Å². The molecular weight excluding hydrogens is 262 g/mol. The van der Waals surface area contributed by atoms with Gasteiger partial charge in [-0.3, -0.25) is 0 Å². The Balaban J connectivity index is 2.32. The monoisotopic (exact) mass is 278 g/mol. The fraction of sp³-hybridized carbons (Fsp3) is 0.286. The maximum absolute atomic E-state index is 13.2. The second-order valence-electron chi connectivity index (χ2n) is 4.19. The van der Waals surface area contributed by atoms with Crippen LogP contribution in [0, 0.1) is 11.6 Å². The third-order valence-corrected chi connectivity index (χ3v) is 2.83. The molecule has 6 heteroatoms. The molecule has 20 heavy (non-hydrogen) atoms. The number of aromatic nitrogens is 2. The van der Waals surface area contributed by atoms with E-state index < -0.39 is 11.6 Å². The number of nitrogens with zero attached hydrogens (tertiary/aromatic N) is 2. The van der Waals surface area contributed by atoms with Crippen LogP contribution in [-0.2, 0) is 6.42 Å². The second kappa shape index (κ2) is 6.27. The topological polar surface area (TPSA) is 49.8 Å². The van der Waals surface area contributed by atoms with Crippen molar-refractivity contribution in [2.45, 2.75) is 20.3 Å². The Kier molecular flexibility index (Phi) is 4.45. The zero-order valence-corrected chi connectivity index (χ0v) is 11.4. The van der Waals surface area contributed by atoms with Crippen molar-refractivity contribution in [3.8, 4) is 0 Å². The molecule has 0 saturated heterocycles. The Morgan fingerprint density at radius 2 is 1.80 bits per heavy atom.